The van der Waals surface area contributed by atoms with Crippen LogP contribution in [0.3, 0.4) is 0 Å². The maximum atomic E-state index is 12.9. The molecule has 1 amide bonds. The fourth-order valence-corrected chi connectivity index (χ4v) is 1.86. The number of amides is 1. The summed E-state index contributed by atoms with van der Waals surface area (Å²) in [5.41, 5.74) is 0. The Morgan fingerprint density at radius 3 is 2.67 bits per heavy atom. The molecule has 1 atom stereocenters. The molecule has 0 aromatic heterocycles. The third-order valence-electron chi connectivity index (χ3n) is 2.90. The Morgan fingerprint density at radius 2 is 2.14 bits per heavy atom. The van der Waals surface area contributed by atoms with Crippen LogP contribution in [0.1, 0.15) is 13.8 Å². The zero-order valence-corrected chi connectivity index (χ0v) is 12.6. The quantitative estimate of drug-likeness (QED) is 0.838. The highest BCUT2D eigenvalue weighted by molar-refractivity contribution is 6.32. The topological polar surface area (TPSA) is 66.8 Å². The van der Waals surface area contributed by atoms with E-state index in [9.17, 15) is 14.0 Å². The fourth-order valence-electron chi connectivity index (χ4n) is 1.64. The molecule has 0 aliphatic heterocycles. The van der Waals surface area contributed by atoms with E-state index in [4.69, 9.17) is 21.4 Å². The van der Waals surface area contributed by atoms with Gasteiger partial charge >= 0.3 is 5.97 Å². The van der Waals surface area contributed by atoms with Gasteiger partial charge in [0.1, 0.15) is 11.6 Å². The summed E-state index contributed by atoms with van der Waals surface area (Å²) in [6, 6.07) is 3.60. The summed E-state index contributed by atoms with van der Waals surface area (Å²) in [4.78, 5) is 24.2. The predicted octanol–water partition coefficient (Wildman–Crippen LogP) is 2.43. The van der Waals surface area contributed by atoms with Gasteiger partial charge in [-0.2, -0.15) is 0 Å². The number of carboxylic acids is 1. The molecule has 116 valence electrons. The lowest BCUT2D eigenvalue weighted by atomic mass is 10.1. The summed E-state index contributed by atoms with van der Waals surface area (Å²) in [7, 11) is 0. The Balaban J connectivity index is 2.60. The van der Waals surface area contributed by atoms with Crippen molar-refractivity contribution in [1.82, 2.24) is 4.90 Å². The molecular weight excluding hydrogens is 301 g/mol. The van der Waals surface area contributed by atoms with Crippen LogP contribution < -0.4 is 4.74 Å². The first kappa shape index (κ1) is 17.2. The van der Waals surface area contributed by atoms with E-state index in [1.165, 1.54) is 24.0 Å². The highest BCUT2D eigenvalue weighted by atomic mass is 35.5. The number of likely N-dealkylation sites (N-methyl/N-ethyl adjacent to an activating group) is 1. The number of aliphatic carboxylic acids is 1. The molecule has 0 aliphatic rings. The van der Waals surface area contributed by atoms with Crippen molar-refractivity contribution in [2.24, 2.45) is 5.92 Å². The van der Waals surface area contributed by atoms with Crippen molar-refractivity contribution in [3.8, 4) is 5.75 Å². The van der Waals surface area contributed by atoms with Gasteiger partial charge < -0.3 is 14.7 Å². The fraction of sp³-hybridized carbons (Fsp3) is 0.429. The minimum Gasteiger partial charge on any atom is -0.482 e. The van der Waals surface area contributed by atoms with Gasteiger partial charge in [-0.15, -0.1) is 0 Å². The predicted molar refractivity (Wildman–Crippen MR) is 76.0 cm³/mol. The number of carboxylic acid groups (broad SMARTS) is 1. The van der Waals surface area contributed by atoms with Crippen LogP contribution in [0.4, 0.5) is 4.39 Å². The van der Waals surface area contributed by atoms with Gasteiger partial charge in [-0.25, -0.2) is 4.39 Å². The van der Waals surface area contributed by atoms with Crippen molar-refractivity contribution >= 4 is 23.5 Å². The first-order valence-corrected chi connectivity index (χ1v) is 6.81. The highest BCUT2D eigenvalue weighted by Crippen LogP contribution is 2.24. The van der Waals surface area contributed by atoms with Crippen LogP contribution in [0.25, 0.3) is 0 Å². The van der Waals surface area contributed by atoms with Crippen molar-refractivity contribution in [3.63, 3.8) is 0 Å². The van der Waals surface area contributed by atoms with Gasteiger partial charge in [0.05, 0.1) is 10.9 Å². The Morgan fingerprint density at radius 1 is 1.48 bits per heavy atom. The van der Waals surface area contributed by atoms with Crippen LogP contribution in [-0.4, -0.2) is 41.6 Å². The van der Waals surface area contributed by atoms with Crippen LogP contribution in [0, 0.1) is 11.7 Å². The van der Waals surface area contributed by atoms with Gasteiger partial charge in [-0.1, -0.05) is 18.5 Å². The van der Waals surface area contributed by atoms with E-state index in [2.05, 4.69) is 0 Å². The smallest absolute Gasteiger partial charge is 0.308 e. The number of halogens is 2. The molecule has 0 saturated carbocycles. The molecule has 1 unspecified atom stereocenters. The third kappa shape index (κ3) is 5.23. The van der Waals surface area contributed by atoms with E-state index in [0.29, 0.717) is 6.54 Å². The molecule has 1 aromatic rings. The summed E-state index contributed by atoms with van der Waals surface area (Å²) in [6.45, 7) is 3.46. The number of hydrogen-bond donors (Lipinski definition) is 1. The standard InChI is InChI=1S/C14H17ClFNO4/c1-3-17(7-9(2)14(19)20)13(18)8-21-12-5-4-10(16)6-11(12)15/h4-6,9H,3,7-8H2,1-2H3,(H,19,20). The first-order chi connectivity index (χ1) is 9.85. The summed E-state index contributed by atoms with van der Waals surface area (Å²) in [6.07, 6.45) is 0. The van der Waals surface area contributed by atoms with Crippen molar-refractivity contribution in [2.45, 2.75) is 13.8 Å². The first-order valence-electron chi connectivity index (χ1n) is 6.43. The van der Waals surface area contributed by atoms with E-state index >= 15 is 0 Å². The average molecular weight is 318 g/mol. The molecule has 1 aromatic carbocycles. The number of ether oxygens (including phenoxy) is 1. The molecule has 0 spiro atoms. The van der Waals surface area contributed by atoms with Crippen molar-refractivity contribution < 1.29 is 23.8 Å². The molecule has 0 fully saturated rings. The molecule has 1 N–H and O–H groups in total. The maximum absolute atomic E-state index is 12.9. The number of rotatable bonds is 7. The van der Waals surface area contributed by atoms with E-state index in [-0.39, 0.29) is 29.8 Å². The normalized spacial score (nSPS) is 11.8. The number of nitrogens with zero attached hydrogens (tertiary/aromatic N) is 1. The zero-order valence-electron chi connectivity index (χ0n) is 11.8. The van der Waals surface area contributed by atoms with Crippen molar-refractivity contribution in [3.05, 3.63) is 29.0 Å². The molecule has 1 rings (SSSR count). The van der Waals surface area contributed by atoms with Gasteiger partial charge in [0, 0.05) is 13.1 Å². The highest BCUT2D eigenvalue weighted by Gasteiger charge is 2.19. The molecular formula is C14H17ClFNO4. The lowest BCUT2D eigenvalue weighted by molar-refractivity contribution is -0.143. The number of carbonyl (C=O) groups is 2. The van der Waals surface area contributed by atoms with Crippen molar-refractivity contribution in [1.29, 1.82) is 0 Å². The van der Waals surface area contributed by atoms with Gasteiger partial charge in [-0.3, -0.25) is 9.59 Å². The second-order valence-corrected chi connectivity index (χ2v) is 4.94. The average Bonchev–Trinajstić information content (AvgIpc) is 2.43. The Hall–Kier alpha value is -1.82. The lowest BCUT2D eigenvalue weighted by Gasteiger charge is -2.23. The van der Waals surface area contributed by atoms with Crippen LogP contribution >= 0.6 is 11.6 Å². The van der Waals surface area contributed by atoms with Gasteiger partial charge in [0.15, 0.2) is 6.61 Å². The second kappa shape index (κ2) is 7.83. The summed E-state index contributed by atoms with van der Waals surface area (Å²) >= 11 is 5.78. The molecule has 0 heterocycles. The minimum atomic E-state index is -0.969. The summed E-state index contributed by atoms with van der Waals surface area (Å²) in [5, 5.41) is 8.93. The Kier molecular flexibility index (Phi) is 6.42. The van der Waals surface area contributed by atoms with Gasteiger partial charge in [0.25, 0.3) is 5.91 Å². The lowest BCUT2D eigenvalue weighted by Crippen LogP contribution is -2.39. The Bertz CT molecular complexity index is 524. The van der Waals surface area contributed by atoms with E-state index in [0.717, 1.165) is 6.07 Å². The Labute approximate surface area is 127 Å². The number of carbonyl (C=O) groups excluding carboxylic acids is 1. The molecule has 21 heavy (non-hydrogen) atoms. The monoisotopic (exact) mass is 317 g/mol. The molecule has 0 radical (unpaired) electrons. The van der Waals surface area contributed by atoms with Gasteiger partial charge in [-0.05, 0) is 25.1 Å². The molecule has 0 saturated heterocycles. The van der Waals surface area contributed by atoms with Crippen LogP contribution in [0.5, 0.6) is 5.75 Å². The second-order valence-electron chi connectivity index (χ2n) is 4.54. The summed E-state index contributed by atoms with van der Waals surface area (Å²) < 4.78 is 18.1. The largest absolute Gasteiger partial charge is 0.482 e. The van der Waals surface area contributed by atoms with Gasteiger partial charge in [0.2, 0.25) is 0 Å². The van der Waals surface area contributed by atoms with E-state index in [1.807, 2.05) is 0 Å². The van der Waals surface area contributed by atoms with Crippen LogP contribution in [0.2, 0.25) is 5.02 Å². The minimum absolute atomic E-state index is 0.0738. The zero-order chi connectivity index (χ0) is 16.0. The SMILES string of the molecule is CCN(CC(C)C(=O)O)C(=O)COc1ccc(F)cc1Cl. The molecule has 0 aliphatic carbocycles. The van der Waals surface area contributed by atoms with Crippen LogP contribution in [0.15, 0.2) is 18.2 Å². The third-order valence-corrected chi connectivity index (χ3v) is 3.19. The molecule has 7 heteroatoms. The van der Waals surface area contributed by atoms with Crippen molar-refractivity contribution in [2.75, 3.05) is 19.7 Å². The van der Waals surface area contributed by atoms with E-state index in [1.54, 1.807) is 6.92 Å². The maximum Gasteiger partial charge on any atom is 0.308 e. The molecule has 0 bridgehead atoms. The number of hydrogen-bond acceptors (Lipinski definition) is 3. The van der Waals surface area contributed by atoms with E-state index < -0.39 is 17.7 Å². The summed E-state index contributed by atoms with van der Waals surface area (Å²) in [5.74, 6) is -2.28. The number of benzene rings is 1. The van der Waals surface area contributed by atoms with Crippen LogP contribution in [-0.2, 0) is 9.59 Å². The molecule has 5 nitrogen and oxygen atoms in total.